The second kappa shape index (κ2) is 22.3. The summed E-state index contributed by atoms with van der Waals surface area (Å²) in [6.07, 6.45) is 16.2. The molecule has 0 aliphatic heterocycles. The van der Waals surface area contributed by atoms with Crippen molar-refractivity contribution >= 4 is 36.4 Å². The molecule has 1 unspecified atom stereocenters. The van der Waals surface area contributed by atoms with Crippen LogP contribution in [0.3, 0.4) is 0 Å². The predicted molar refractivity (Wildman–Crippen MR) is 153 cm³/mol. The molecular formula is C27H40N6O4S. The third-order valence-corrected chi connectivity index (χ3v) is 4.69. The van der Waals surface area contributed by atoms with Gasteiger partial charge in [0, 0.05) is 42.5 Å². The number of amides is 4. The van der Waals surface area contributed by atoms with E-state index in [1.807, 2.05) is 20.8 Å². The van der Waals surface area contributed by atoms with Crippen LogP contribution in [0, 0.1) is 18.8 Å². The maximum Gasteiger partial charge on any atom is 0.252 e. The van der Waals surface area contributed by atoms with Gasteiger partial charge in [-0.15, -0.1) is 12.8 Å². The van der Waals surface area contributed by atoms with Gasteiger partial charge in [-0.3, -0.25) is 33.5 Å². The van der Waals surface area contributed by atoms with Crippen LogP contribution in [0.2, 0.25) is 0 Å². The average molecular weight is 545 g/mol. The highest BCUT2D eigenvalue weighted by Crippen LogP contribution is 2.03. The molecule has 4 amide bonds. The lowest BCUT2D eigenvalue weighted by atomic mass is 10.0. The van der Waals surface area contributed by atoms with E-state index in [1.54, 1.807) is 24.3 Å². The highest BCUT2D eigenvalue weighted by molar-refractivity contribution is 7.78. The van der Waals surface area contributed by atoms with Crippen molar-refractivity contribution in [2.75, 3.05) is 13.1 Å². The van der Waals surface area contributed by atoms with Crippen LogP contribution in [-0.2, 0) is 9.59 Å². The lowest BCUT2D eigenvalue weighted by molar-refractivity contribution is -0.125. The van der Waals surface area contributed by atoms with Crippen LogP contribution in [0.25, 0.3) is 0 Å². The minimum atomic E-state index is -0.652. The number of rotatable bonds is 9. The molecule has 2 heterocycles. The van der Waals surface area contributed by atoms with Crippen molar-refractivity contribution in [1.29, 1.82) is 0 Å². The van der Waals surface area contributed by atoms with Crippen LogP contribution >= 0.6 is 12.8 Å². The summed E-state index contributed by atoms with van der Waals surface area (Å²) in [4.78, 5) is 53.5. The number of nitrogens with two attached hydrogens (primary N) is 1. The van der Waals surface area contributed by atoms with Crippen LogP contribution in [0.4, 0.5) is 0 Å². The van der Waals surface area contributed by atoms with Gasteiger partial charge in [0.25, 0.3) is 17.7 Å². The highest BCUT2D eigenvalue weighted by Gasteiger charge is 2.22. The monoisotopic (exact) mass is 544 g/mol. The zero-order valence-electron chi connectivity index (χ0n) is 22.8. The Bertz CT molecular complexity index is 971. The number of nitrogens with one attached hydrogen (secondary N) is 2. The second-order valence-electron chi connectivity index (χ2n) is 7.98. The van der Waals surface area contributed by atoms with Crippen molar-refractivity contribution in [1.82, 2.24) is 24.9 Å². The van der Waals surface area contributed by atoms with Gasteiger partial charge in [0.2, 0.25) is 5.91 Å². The maximum absolute atomic E-state index is 11.7. The Morgan fingerprint density at radius 2 is 1.34 bits per heavy atom. The molecule has 2 aromatic heterocycles. The largest absolute Gasteiger partial charge is 0.368 e. The number of thiol groups is 1. The second-order valence-corrected chi connectivity index (χ2v) is 8.46. The van der Waals surface area contributed by atoms with Crippen molar-refractivity contribution in [2.24, 2.45) is 11.7 Å². The van der Waals surface area contributed by atoms with E-state index in [-0.39, 0.29) is 30.2 Å². The molecule has 4 N–H and O–H groups in total. The molecule has 2 rings (SSSR count). The van der Waals surface area contributed by atoms with Crippen LogP contribution in [0.15, 0.2) is 49.1 Å². The van der Waals surface area contributed by atoms with Crippen LogP contribution in [0.5, 0.6) is 0 Å². The van der Waals surface area contributed by atoms with Crippen molar-refractivity contribution in [3.05, 3.63) is 60.2 Å². The van der Waals surface area contributed by atoms with Gasteiger partial charge in [-0.2, -0.15) is 0 Å². The fraction of sp³-hybridized carbons (Fsp3) is 0.407. The average Bonchev–Trinajstić information content (AvgIpc) is 2.92. The van der Waals surface area contributed by atoms with E-state index in [4.69, 9.17) is 5.73 Å². The molecule has 0 aliphatic rings. The van der Waals surface area contributed by atoms with E-state index in [9.17, 15) is 19.2 Å². The Morgan fingerprint density at radius 3 is 1.71 bits per heavy atom. The molecule has 0 aliphatic carbocycles. The van der Waals surface area contributed by atoms with E-state index in [2.05, 4.69) is 60.1 Å². The van der Waals surface area contributed by atoms with E-state index < -0.39 is 11.9 Å². The van der Waals surface area contributed by atoms with Gasteiger partial charge in [0.1, 0.15) is 6.04 Å². The number of hydrogen-bond acceptors (Lipinski definition) is 7. The summed E-state index contributed by atoms with van der Waals surface area (Å²) in [6, 6.07) is 5.68. The summed E-state index contributed by atoms with van der Waals surface area (Å²) in [5.41, 5.74) is 6.14. The SMILES string of the molecule is C#C.CC(C)C(NC(=O)c1ccncc1)C(N)=O.CCC.CCCN(S)C(=O)CNC(=O)c1ccncc1. The molecule has 38 heavy (non-hydrogen) atoms. The molecule has 208 valence electrons. The number of carbonyl (C=O) groups excluding carboxylic acids is 4. The van der Waals surface area contributed by atoms with Crippen molar-refractivity contribution in [3.8, 4) is 12.8 Å². The van der Waals surface area contributed by atoms with Crippen LogP contribution in [0.1, 0.15) is 68.2 Å². The zero-order chi connectivity index (χ0) is 29.5. The Labute approximate surface area is 231 Å². The first kappa shape index (κ1) is 36.2. The van der Waals surface area contributed by atoms with Crippen LogP contribution in [-0.4, -0.2) is 57.0 Å². The predicted octanol–water partition coefficient (Wildman–Crippen LogP) is 2.88. The number of primary amides is 1. The first-order valence-electron chi connectivity index (χ1n) is 12.1. The summed E-state index contributed by atoms with van der Waals surface area (Å²) >= 11 is 4.02. The smallest absolute Gasteiger partial charge is 0.252 e. The molecule has 0 bridgehead atoms. The normalized spacial score (nSPS) is 10.0. The molecule has 10 nitrogen and oxygen atoms in total. The fourth-order valence-corrected chi connectivity index (χ4v) is 2.75. The van der Waals surface area contributed by atoms with Crippen LogP contribution < -0.4 is 16.4 Å². The van der Waals surface area contributed by atoms with Gasteiger partial charge in [0.15, 0.2) is 0 Å². The Hall–Kier alpha value is -3.91. The van der Waals surface area contributed by atoms with Crippen molar-refractivity contribution < 1.29 is 19.2 Å². The molecule has 0 saturated carbocycles. The minimum absolute atomic E-state index is 0.0386. The summed E-state index contributed by atoms with van der Waals surface area (Å²) in [7, 11) is 0. The zero-order valence-corrected chi connectivity index (χ0v) is 23.7. The topological polar surface area (TPSA) is 147 Å². The lowest BCUT2D eigenvalue weighted by Gasteiger charge is -2.18. The van der Waals surface area contributed by atoms with Gasteiger partial charge in [-0.1, -0.05) is 53.9 Å². The first-order valence-corrected chi connectivity index (χ1v) is 12.5. The molecule has 0 fully saturated rings. The number of hydrogen-bond donors (Lipinski definition) is 4. The molecule has 1 atom stereocenters. The minimum Gasteiger partial charge on any atom is -0.368 e. The Balaban J connectivity index is 0. The summed E-state index contributed by atoms with van der Waals surface area (Å²) in [6.45, 7) is 10.4. The number of terminal acetylenes is 1. The Kier molecular flexibility index (Phi) is 21.3. The number of carbonyl (C=O) groups is 4. The molecule has 0 spiro atoms. The van der Waals surface area contributed by atoms with Crippen molar-refractivity contribution in [3.63, 3.8) is 0 Å². The lowest BCUT2D eigenvalue weighted by Crippen LogP contribution is -2.47. The standard InChI is InChI=1S/C11H15N3O2S.C11H15N3O2.C3H8.C2H2/c1-2-7-14(17)10(15)8-13-11(16)9-3-5-12-6-4-9;1-7(2)9(10(12)15)14-11(16)8-3-5-13-6-4-8;1-3-2;1-2/h3-6,17H,2,7-8H2,1H3,(H,13,16);3-7,9H,1-2H3,(H2,12,15)(H,14,16);3H2,1-2H3;1-2H. The van der Waals surface area contributed by atoms with E-state index in [0.29, 0.717) is 17.7 Å². The number of aromatic nitrogens is 2. The summed E-state index contributed by atoms with van der Waals surface area (Å²) in [5, 5.41) is 5.12. The molecule has 2 aromatic rings. The highest BCUT2D eigenvalue weighted by atomic mass is 32.1. The summed E-state index contributed by atoms with van der Waals surface area (Å²) in [5.74, 6) is -1.41. The van der Waals surface area contributed by atoms with Gasteiger partial charge < -0.3 is 16.4 Å². The maximum atomic E-state index is 11.7. The van der Waals surface area contributed by atoms with E-state index in [1.165, 1.54) is 35.5 Å². The molecule has 11 heteroatoms. The number of nitrogens with zero attached hydrogens (tertiary/aromatic N) is 3. The number of pyridine rings is 2. The molecular weight excluding hydrogens is 504 g/mol. The first-order chi connectivity index (χ1) is 18.1. The fourth-order valence-electron chi connectivity index (χ4n) is 2.48. The quantitative estimate of drug-likeness (QED) is 0.282. The van der Waals surface area contributed by atoms with Gasteiger partial charge in [-0.05, 0) is 36.6 Å². The third kappa shape index (κ3) is 16.0. The van der Waals surface area contributed by atoms with Crippen molar-refractivity contribution in [2.45, 2.75) is 53.5 Å². The van der Waals surface area contributed by atoms with E-state index >= 15 is 0 Å². The molecule has 0 saturated heterocycles. The Morgan fingerprint density at radius 1 is 0.921 bits per heavy atom. The summed E-state index contributed by atoms with van der Waals surface area (Å²) < 4.78 is 1.30. The van der Waals surface area contributed by atoms with E-state index in [0.717, 1.165) is 6.42 Å². The van der Waals surface area contributed by atoms with Gasteiger partial charge in [-0.25, -0.2) is 0 Å². The molecule has 0 radical (unpaired) electrons. The van der Waals surface area contributed by atoms with Gasteiger partial charge >= 0.3 is 0 Å². The molecule has 0 aromatic carbocycles. The van der Waals surface area contributed by atoms with Gasteiger partial charge in [0.05, 0.1) is 6.54 Å². The third-order valence-electron chi connectivity index (χ3n) is 4.27.